The molecule has 0 amide bonds. The fourth-order valence-corrected chi connectivity index (χ4v) is 2.17. The zero-order chi connectivity index (χ0) is 9.73. The Bertz CT molecular complexity index is 368. The lowest BCUT2D eigenvalue weighted by Crippen LogP contribution is -2.21. The highest BCUT2D eigenvalue weighted by molar-refractivity contribution is 7.91. The maximum Gasteiger partial charge on any atom is 0.152 e. The molecule has 1 unspecified atom stereocenters. The molecule has 0 aliphatic rings. The Morgan fingerprint density at radius 3 is 2.31 bits per heavy atom. The molecule has 0 fully saturated rings. The van der Waals surface area contributed by atoms with Gasteiger partial charge in [0.25, 0.3) is 0 Å². The van der Waals surface area contributed by atoms with Crippen molar-refractivity contribution >= 4 is 9.92 Å². The zero-order valence-electron chi connectivity index (χ0n) is 7.65. The maximum absolute atomic E-state index is 12.0. The standard InChI is InChI=1S/C8H13N3OS/c1-9-11-13(12,10-2)8-6-4-3-5-7-8/h3-7,9H,1-2H3,(H,10,11,12). The highest BCUT2D eigenvalue weighted by Gasteiger charge is 2.07. The van der Waals surface area contributed by atoms with E-state index < -0.39 is 9.92 Å². The number of nitrogens with one attached hydrogen (secondary N) is 2. The fraction of sp³-hybridized carbons (Fsp3) is 0.250. The minimum atomic E-state index is -2.49. The summed E-state index contributed by atoms with van der Waals surface area (Å²) >= 11 is 0. The van der Waals surface area contributed by atoms with E-state index in [1.54, 1.807) is 26.2 Å². The molecule has 0 heterocycles. The Labute approximate surface area is 78.6 Å². The first-order valence-corrected chi connectivity index (χ1v) is 5.41. The Morgan fingerprint density at radius 2 is 1.85 bits per heavy atom. The molecule has 0 spiro atoms. The van der Waals surface area contributed by atoms with E-state index in [0.717, 1.165) is 0 Å². The van der Waals surface area contributed by atoms with Gasteiger partial charge in [-0.05, 0) is 19.2 Å². The molecule has 0 saturated heterocycles. The predicted octanol–water partition coefficient (Wildman–Crippen LogP) is 0.782. The number of rotatable bonds is 3. The molecule has 1 aromatic carbocycles. The quantitative estimate of drug-likeness (QED) is 0.707. The van der Waals surface area contributed by atoms with Gasteiger partial charge in [0.2, 0.25) is 0 Å². The van der Waals surface area contributed by atoms with E-state index in [1.807, 2.05) is 18.2 Å². The van der Waals surface area contributed by atoms with Gasteiger partial charge < -0.3 is 0 Å². The normalized spacial score (nSPS) is 14.9. The molecule has 1 aromatic rings. The number of nitrogens with zero attached hydrogens (tertiary/aromatic N) is 1. The average molecular weight is 199 g/mol. The number of benzene rings is 1. The Balaban J connectivity index is 3.20. The molecule has 2 N–H and O–H groups in total. The summed E-state index contributed by atoms with van der Waals surface area (Å²) in [6.45, 7) is 0. The van der Waals surface area contributed by atoms with Gasteiger partial charge in [0.15, 0.2) is 9.92 Å². The second kappa shape index (κ2) is 4.36. The van der Waals surface area contributed by atoms with Gasteiger partial charge in [0.1, 0.15) is 0 Å². The summed E-state index contributed by atoms with van der Waals surface area (Å²) in [5, 5.41) is 0. The van der Waals surface area contributed by atoms with Crippen molar-refractivity contribution in [2.24, 2.45) is 4.47 Å². The lowest BCUT2D eigenvalue weighted by Gasteiger charge is -2.07. The lowest BCUT2D eigenvalue weighted by atomic mass is 10.4. The van der Waals surface area contributed by atoms with Gasteiger partial charge in [0.05, 0.1) is 4.90 Å². The van der Waals surface area contributed by atoms with Crippen molar-refractivity contribution in [2.45, 2.75) is 4.90 Å². The summed E-state index contributed by atoms with van der Waals surface area (Å²) in [5.74, 6) is 0. The number of hydrogen-bond donors (Lipinski definition) is 2. The van der Waals surface area contributed by atoms with Gasteiger partial charge in [-0.15, -0.1) is 4.47 Å². The molecule has 13 heavy (non-hydrogen) atoms. The Morgan fingerprint density at radius 1 is 1.23 bits per heavy atom. The van der Waals surface area contributed by atoms with Gasteiger partial charge >= 0.3 is 0 Å². The van der Waals surface area contributed by atoms with Gasteiger partial charge in [0, 0.05) is 7.05 Å². The van der Waals surface area contributed by atoms with Crippen molar-refractivity contribution in [3.05, 3.63) is 30.3 Å². The van der Waals surface area contributed by atoms with Crippen molar-refractivity contribution in [3.63, 3.8) is 0 Å². The highest BCUT2D eigenvalue weighted by atomic mass is 32.2. The van der Waals surface area contributed by atoms with E-state index in [2.05, 4.69) is 14.6 Å². The molecule has 1 rings (SSSR count). The van der Waals surface area contributed by atoms with Crippen molar-refractivity contribution in [2.75, 3.05) is 14.1 Å². The van der Waals surface area contributed by atoms with E-state index in [4.69, 9.17) is 0 Å². The highest BCUT2D eigenvalue weighted by Crippen LogP contribution is 2.08. The summed E-state index contributed by atoms with van der Waals surface area (Å²) in [4.78, 5) is 0.673. The lowest BCUT2D eigenvalue weighted by molar-refractivity contribution is 0.664. The molecule has 0 aliphatic heterocycles. The largest absolute Gasteiger partial charge is 0.229 e. The summed E-state index contributed by atoms with van der Waals surface area (Å²) in [6, 6.07) is 9.09. The van der Waals surface area contributed by atoms with Gasteiger partial charge in [-0.1, -0.05) is 18.2 Å². The van der Waals surface area contributed by atoms with Gasteiger partial charge in [-0.25, -0.2) is 14.4 Å². The second-order valence-corrected chi connectivity index (χ2v) is 4.47. The number of hydrogen-bond acceptors (Lipinski definition) is 2. The van der Waals surface area contributed by atoms with Crippen molar-refractivity contribution in [3.8, 4) is 0 Å². The van der Waals surface area contributed by atoms with Crippen LogP contribution in [0.25, 0.3) is 0 Å². The molecule has 0 aromatic heterocycles. The molecule has 0 saturated carbocycles. The molecule has 5 heteroatoms. The van der Waals surface area contributed by atoms with Crippen LogP contribution in [0.2, 0.25) is 0 Å². The smallest absolute Gasteiger partial charge is 0.152 e. The van der Waals surface area contributed by atoms with E-state index in [-0.39, 0.29) is 0 Å². The van der Waals surface area contributed by atoms with Crippen LogP contribution in [0, 0.1) is 0 Å². The first-order chi connectivity index (χ1) is 6.23. The SMILES string of the molecule is CNN=S(=O)(NC)c1ccccc1. The summed E-state index contributed by atoms with van der Waals surface area (Å²) in [7, 11) is 0.754. The average Bonchev–Trinajstić information content (AvgIpc) is 2.19. The van der Waals surface area contributed by atoms with Crippen LogP contribution in [0.3, 0.4) is 0 Å². The molecule has 0 bridgehead atoms. The summed E-state index contributed by atoms with van der Waals surface area (Å²) in [5.41, 5.74) is 2.54. The molecule has 4 nitrogen and oxygen atoms in total. The van der Waals surface area contributed by atoms with Crippen LogP contribution in [0.1, 0.15) is 0 Å². The third kappa shape index (κ3) is 2.27. The first-order valence-electron chi connectivity index (χ1n) is 3.89. The van der Waals surface area contributed by atoms with Crippen LogP contribution in [-0.2, 0) is 9.92 Å². The van der Waals surface area contributed by atoms with Crippen molar-refractivity contribution in [1.82, 2.24) is 10.1 Å². The van der Waals surface area contributed by atoms with Crippen LogP contribution in [0.4, 0.5) is 0 Å². The van der Waals surface area contributed by atoms with E-state index >= 15 is 0 Å². The summed E-state index contributed by atoms with van der Waals surface area (Å²) < 4.78 is 18.5. The molecule has 0 radical (unpaired) electrons. The third-order valence-corrected chi connectivity index (χ3v) is 3.46. The van der Waals surface area contributed by atoms with Gasteiger partial charge in [-0.3, -0.25) is 0 Å². The zero-order valence-corrected chi connectivity index (χ0v) is 8.47. The minimum absolute atomic E-state index is 0.673. The monoisotopic (exact) mass is 199 g/mol. The maximum atomic E-state index is 12.0. The van der Waals surface area contributed by atoms with E-state index in [1.165, 1.54) is 0 Å². The topological polar surface area (TPSA) is 53.5 Å². The van der Waals surface area contributed by atoms with E-state index in [0.29, 0.717) is 4.90 Å². The Hall–Kier alpha value is -0.910. The predicted molar refractivity (Wildman–Crippen MR) is 53.4 cm³/mol. The molecular weight excluding hydrogens is 186 g/mol. The van der Waals surface area contributed by atoms with Crippen LogP contribution in [0.5, 0.6) is 0 Å². The second-order valence-electron chi connectivity index (χ2n) is 2.36. The molecule has 72 valence electrons. The minimum Gasteiger partial charge on any atom is -0.229 e. The fourth-order valence-electron chi connectivity index (χ4n) is 0.950. The van der Waals surface area contributed by atoms with Crippen molar-refractivity contribution in [1.29, 1.82) is 0 Å². The molecule has 0 aliphatic carbocycles. The Kier molecular flexibility index (Phi) is 3.41. The van der Waals surface area contributed by atoms with Crippen LogP contribution >= 0.6 is 0 Å². The summed E-state index contributed by atoms with van der Waals surface area (Å²) in [6.07, 6.45) is 0. The van der Waals surface area contributed by atoms with Gasteiger partial charge in [-0.2, -0.15) is 0 Å². The molecular formula is C8H13N3OS. The van der Waals surface area contributed by atoms with Crippen molar-refractivity contribution < 1.29 is 4.21 Å². The van der Waals surface area contributed by atoms with E-state index in [9.17, 15) is 4.21 Å². The van der Waals surface area contributed by atoms with Crippen LogP contribution < -0.4 is 10.1 Å². The first kappa shape index (κ1) is 10.2. The van der Waals surface area contributed by atoms with Crippen LogP contribution in [0.15, 0.2) is 39.7 Å². The molecule has 1 atom stereocenters. The van der Waals surface area contributed by atoms with Crippen LogP contribution in [-0.4, -0.2) is 18.3 Å². The third-order valence-electron chi connectivity index (χ3n) is 1.56.